The Balaban J connectivity index is 1.91. The van der Waals surface area contributed by atoms with Crippen molar-refractivity contribution in [2.75, 3.05) is 18.6 Å². The van der Waals surface area contributed by atoms with Gasteiger partial charge in [0.1, 0.15) is 12.0 Å². The molecule has 0 spiro atoms. The first kappa shape index (κ1) is 11.4. The second kappa shape index (κ2) is 4.21. The van der Waals surface area contributed by atoms with Gasteiger partial charge in [0.05, 0.1) is 25.7 Å². The third-order valence-corrected chi connectivity index (χ3v) is 3.12. The summed E-state index contributed by atoms with van der Waals surface area (Å²) in [6.07, 6.45) is -1.08. The first-order valence-electron chi connectivity index (χ1n) is 5.70. The first-order chi connectivity index (χ1) is 8.70. The summed E-state index contributed by atoms with van der Waals surface area (Å²) in [6.45, 7) is 0.0480. The molecule has 3 rings (SSSR count). The number of aromatic nitrogens is 2. The van der Waals surface area contributed by atoms with Crippen LogP contribution in [0.15, 0.2) is 6.33 Å². The summed E-state index contributed by atoms with van der Waals surface area (Å²) in [5.41, 5.74) is 0.226. The number of halogens is 1. The van der Waals surface area contributed by atoms with Gasteiger partial charge in [-0.3, -0.25) is 9.36 Å². The molecule has 0 saturated carbocycles. The maximum atomic E-state index is 13.8. The highest BCUT2D eigenvalue weighted by molar-refractivity contribution is 5.98. The largest absolute Gasteiger partial charge is 0.394 e. The Labute approximate surface area is 102 Å². The number of carbonyl (C=O) groups is 1. The van der Waals surface area contributed by atoms with Gasteiger partial charge in [-0.2, -0.15) is 0 Å². The monoisotopic (exact) mass is 256 g/mol. The van der Waals surface area contributed by atoms with Crippen LogP contribution < -0.4 is 10.6 Å². The Morgan fingerprint density at radius 2 is 2.44 bits per heavy atom. The fourth-order valence-corrected chi connectivity index (χ4v) is 2.25. The van der Waals surface area contributed by atoms with Crippen molar-refractivity contribution in [1.29, 1.82) is 0 Å². The van der Waals surface area contributed by atoms with E-state index < -0.39 is 18.5 Å². The smallest absolute Gasteiger partial charge is 0.275 e. The Morgan fingerprint density at radius 1 is 1.61 bits per heavy atom. The molecule has 2 aliphatic heterocycles. The number of hydrogen-bond acceptors (Lipinski definition) is 5. The van der Waals surface area contributed by atoms with Gasteiger partial charge in [-0.25, -0.2) is 9.37 Å². The van der Waals surface area contributed by atoms with E-state index in [9.17, 15) is 9.18 Å². The van der Waals surface area contributed by atoms with E-state index in [1.54, 1.807) is 0 Å². The van der Waals surface area contributed by atoms with Crippen LogP contribution in [0.5, 0.6) is 0 Å². The van der Waals surface area contributed by atoms with Gasteiger partial charge in [0.2, 0.25) is 0 Å². The third-order valence-electron chi connectivity index (χ3n) is 3.12. The van der Waals surface area contributed by atoms with E-state index >= 15 is 0 Å². The van der Waals surface area contributed by atoms with E-state index in [4.69, 9.17) is 9.84 Å². The lowest BCUT2D eigenvalue weighted by molar-refractivity contribution is -0.0360. The fraction of sp³-hybridized carbons (Fsp3) is 0.600. The summed E-state index contributed by atoms with van der Waals surface area (Å²) in [6, 6.07) is 0. The third kappa shape index (κ3) is 1.65. The Bertz CT molecular complexity index is 478. The number of amides is 1. The van der Waals surface area contributed by atoms with E-state index in [0.29, 0.717) is 5.82 Å². The summed E-state index contributed by atoms with van der Waals surface area (Å²) in [5, 5.41) is 14.5. The van der Waals surface area contributed by atoms with Crippen LogP contribution in [0.3, 0.4) is 0 Å². The zero-order chi connectivity index (χ0) is 12.7. The van der Waals surface area contributed by atoms with Crippen LogP contribution in [0.1, 0.15) is 23.1 Å². The minimum absolute atomic E-state index is 0.139. The summed E-state index contributed by atoms with van der Waals surface area (Å²) in [5.74, 6) is 0.152. The van der Waals surface area contributed by atoms with Gasteiger partial charge in [-0.1, -0.05) is 0 Å². The maximum absolute atomic E-state index is 13.8. The van der Waals surface area contributed by atoms with E-state index in [1.807, 2.05) is 0 Å². The lowest BCUT2D eigenvalue weighted by Gasteiger charge is -2.21. The van der Waals surface area contributed by atoms with E-state index in [1.165, 1.54) is 10.9 Å². The molecule has 3 atom stereocenters. The highest BCUT2D eigenvalue weighted by Crippen LogP contribution is 2.34. The van der Waals surface area contributed by atoms with Crippen LogP contribution in [-0.4, -0.2) is 46.1 Å². The Kier molecular flexibility index (Phi) is 2.67. The molecule has 3 N–H and O–H groups in total. The van der Waals surface area contributed by atoms with Crippen LogP contribution in [0.25, 0.3) is 0 Å². The molecule has 0 aliphatic carbocycles. The highest BCUT2D eigenvalue weighted by Gasteiger charge is 2.38. The summed E-state index contributed by atoms with van der Waals surface area (Å²) >= 11 is 0. The fourth-order valence-electron chi connectivity index (χ4n) is 2.25. The van der Waals surface area contributed by atoms with Crippen LogP contribution in [0.4, 0.5) is 10.2 Å². The number of carbonyl (C=O) groups excluding carboxylic acids is 1. The van der Waals surface area contributed by atoms with E-state index in [-0.39, 0.29) is 31.3 Å². The molecule has 1 amide bonds. The molecule has 1 saturated heterocycles. The molecule has 1 fully saturated rings. The molecule has 1 aromatic heterocycles. The van der Waals surface area contributed by atoms with Gasteiger partial charge in [0.15, 0.2) is 11.9 Å². The van der Waals surface area contributed by atoms with Crippen LogP contribution in [0.2, 0.25) is 0 Å². The SMILES string of the molecule is O=C1NCNc2c1ncn2[C@@H]1O[C@H](CO)CC1F. The van der Waals surface area contributed by atoms with Crippen LogP contribution in [-0.2, 0) is 4.74 Å². The summed E-state index contributed by atoms with van der Waals surface area (Å²) < 4.78 is 20.7. The van der Waals surface area contributed by atoms with Crippen molar-refractivity contribution in [3.8, 4) is 0 Å². The average molecular weight is 256 g/mol. The lowest BCUT2D eigenvalue weighted by atomic mass is 10.2. The van der Waals surface area contributed by atoms with Crippen molar-refractivity contribution in [3.63, 3.8) is 0 Å². The number of anilines is 1. The highest BCUT2D eigenvalue weighted by atomic mass is 19.1. The number of imidazole rings is 1. The zero-order valence-electron chi connectivity index (χ0n) is 9.47. The van der Waals surface area contributed by atoms with Crippen LogP contribution >= 0.6 is 0 Å². The molecule has 98 valence electrons. The number of nitrogens with one attached hydrogen (secondary N) is 2. The topological polar surface area (TPSA) is 88.4 Å². The van der Waals surface area contributed by atoms with Crippen molar-refractivity contribution in [2.24, 2.45) is 0 Å². The number of nitrogens with zero attached hydrogens (tertiary/aromatic N) is 2. The minimum atomic E-state index is -1.23. The van der Waals surface area contributed by atoms with Gasteiger partial charge in [0, 0.05) is 6.42 Å². The molecule has 0 radical (unpaired) electrons. The molecule has 0 bridgehead atoms. The first-order valence-corrected chi connectivity index (χ1v) is 5.70. The molecule has 18 heavy (non-hydrogen) atoms. The molecular weight excluding hydrogens is 243 g/mol. The molecule has 8 heteroatoms. The van der Waals surface area contributed by atoms with Gasteiger partial charge in [-0.05, 0) is 0 Å². The van der Waals surface area contributed by atoms with Gasteiger partial charge in [-0.15, -0.1) is 0 Å². The van der Waals surface area contributed by atoms with Crippen molar-refractivity contribution >= 4 is 11.7 Å². The quantitative estimate of drug-likeness (QED) is 0.671. The van der Waals surface area contributed by atoms with Crippen molar-refractivity contribution in [1.82, 2.24) is 14.9 Å². The van der Waals surface area contributed by atoms with Gasteiger partial charge < -0.3 is 20.5 Å². The number of hydrogen-bond donors (Lipinski definition) is 3. The number of ether oxygens (including phenoxy) is 1. The molecule has 2 aliphatic rings. The van der Waals surface area contributed by atoms with Gasteiger partial charge in [0.25, 0.3) is 5.91 Å². The zero-order valence-corrected chi connectivity index (χ0v) is 9.47. The predicted molar refractivity (Wildman–Crippen MR) is 58.7 cm³/mol. The molecule has 7 nitrogen and oxygen atoms in total. The number of rotatable bonds is 2. The minimum Gasteiger partial charge on any atom is -0.394 e. The van der Waals surface area contributed by atoms with Crippen molar-refractivity contribution < 1.29 is 19.0 Å². The van der Waals surface area contributed by atoms with Crippen LogP contribution in [0, 0.1) is 0 Å². The lowest BCUT2D eigenvalue weighted by Crippen LogP contribution is -2.36. The number of aliphatic hydroxyl groups excluding tert-OH is 1. The van der Waals surface area contributed by atoms with Crippen molar-refractivity contribution in [2.45, 2.75) is 24.9 Å². The number of aliphatic hydroxyl groups is 1. The van der Waals surface area contributed by atoms with Gasteiger partial charge >= 0.3 is 0 Å². The maximum Gasteiger partial charge on any atom is 0.275 e. The van der Waals surface area contributed by atoms with Crippen molar-refractivity contribution in [3.05, 3.63) is 12.0 Å². The Hall–Kier alpha value is -1.67. The molecule has 1 aromatic rings. The summed E-state index contributed by atoms with van der Waals surface area (Å²) in [4.78, 5) is 15.5. The molecular formula is C10H13FN4O3. The molecule has 0 aromatic carbocycles. The van der Waals surface area contributed by atoms with E-state index in [2.05, 4.69) is 15.6 Å². The number of fused-ring (bicyclic) bond motifs is 1. The standard InChI is InChI=1S/C10H13FN4O3/c11-6-1-5(2-16)18-10(6)15-4-14-7-8(15)12-3-13-9(7)17/h4-6,10,12,16H,1-3H2,(H,13,17)/t5-,6?,10+/m0/s1. The second-order valence-corrected chi connectivity index (χ2v) is 4.29. The molecule has 3 heterocycles. The van der Waals surface area contributed by atoms with E-state index in [0.717, 1.165) is 0 Å². The number of alkyl halides is 1. The average Bonchev–Trinajstić information content (AvgIpc) is 2.93. The summed E-state index contributed by atoms with van der Waals surface area (Å²) in [7, 11) is 0. The second-order valence-electron chi connectivity index (χ2n) is 4.29. The Morgan fingerprint density at radius 3 is 3.17 bits per heavy atom. The molecule has 1 unspecified atom stereocenters. The normalized spacial score (nSPS) is 30.8. The predicted octanol–water partition coefficient (Wildman–Crippen LogP) is -0.386.